The van der Waals surface area contributed by atoms with E-state index in [1.807, 2.05) is 0 Å². The summed E-state index contributed by atoms with van der Waals surface area (Å²) in [5.74, 6) is 0. The normalized spacial score (nSPS) is 38.9. The van der Waals surface area contributed by atoms with E-state index in [0.717, 1.165) is 0 Å². The summed E-state index contributed by atoms with van der Waals surface area (Å²) in [6.45, 7) is 3.00. The predicted octanol–water partition coefficient (Wildman–Crippen LogP) is 0.710. The highest BCUT2D eigenvalue weighted by molar-refractivity contribution is 7.53. The van der Waals surface area contributed by atoms with Crippen LogP contribution >= 0.6 is 7.60 Å². The summed E-state index contributed by atoms with van der Waals surface area (Å²) >= 11 is 0. The van der Waals surface area contributed by atoms with Gasteiger partial charge >= 0.3 is 7.60 Å². The van der Waals surface area contributed by atoms with Gasteiger partial charge in [0.05, 0.1) is 0 Å². The standard InChI is InChI=1S/C6H13NO4P/c1-5-3-4-6(2,7(5)8)12(9,10)11/h5H,3-4H2,1-2H3,(H2,9,10,11)/t5-,6-/m0/s1. The van der Waals surface area contributed by atoms with E-state index in [9.17, 15) is 9.77 Å². The van der Waals surface area contributed by atoms with Gasteiger partial charge in [-0.05, 0) is 26.7 Å². The van der Waals surface area contributed by atoms with Gasteiger partial charge < -0.3 is 9.79 Å². The van der Waals surface area contributed by atoms with Gasteiger partial charge in [-0.3, -0.25) is 4.57 Å². The summed E-state index contributed by atoms with van der Waals surface area (Å²) in [5, 5.41) is 10.3. The van der Waals surface area contributed by atoms with Crippen molar-refractivity contribution < 1.29 is 19.6 Å². The summed E-state index contributed by atoms with van der Waals surface area (Å²) in [4.78, 5) is 17.9. The lowest BCUT2D eigenvalue weighted by atomic mass is 10.2. The molecule has 1 fully saturated rings. The zero-order valence-corrected chi connectivity index (χ0v) is 7.99. The zero-order valence-electron chi connectivity index (χ0n) is 7.10. The highest BCUT2D eigenvalue weighted by Gasteiger charge is 2.53. The molecule has 0 aromatic heterocycles. The van der Waals surface area contributed by atoms with Crippen molar-refractivity contribution in [2.24, 2.45) is 0 Å². The first-order valence-corrected chi connectivity index (χ1v) is 5.42. The fraction of sp³-hybridized carbons (Fsp3) is 1.00. The van der Waals surface area contributed by atoms with Crippen molar-refractivity contribution in [1.29, 1.82) is 0 Å². The minimum atomic E-state index is -4.31. The van der Waals surface area contributed by atoms with Crippen molar-refractivity contribution in [2.75, 3.05) is 0 Å². The molecule has 1 aliphatic heterocycles. The second kappa shape index (κ2) is 2.79. The molecule has 6 heteroatoms. The van der Waals surface area contributed by atoms with Gasteiger partial charge in [-0.2, -0.15) is 0 Å². The molecule has 2 N–H and O–H groups in total. The summed E-state index contributed by atoms with van der Waals surface area (Å²) in [5.41, 5.74) is 0. The van der Waals surface area contributed by atoms with Crippen molar-refractivity contribution in [3.8, 4) is 0 Å². The van der Waals surface area contributed by atoms with Crippen LogP contribution in [0.4, 0.5) is 0 Å². The molecule has 71 valence electrons. The Labute approximate surface area is 71.1 Å². The fourth-order valence-electron chi connectivity index (χ4n) is 1.46. The molecule has 2 atom stereocenters. The molecule has 5 nitrogen and oxygen atoms in total. The molecule has 0 spiro atoms. The van der Waals surface area contributed by atoms with Gasteiger partial charge in [-0.25, -0.2) is 0 Å². The largest absolute Gasteiger partial charge is 0.347 e. The Morgan fingerprint density at radius 1 is 1.58 bits per heavy atom. The molecule has 1 radical (unpaired) electrons. The molecule has 0 bridgehead atoms. The van der Waals surface area contributed by atoms with E-state index in [0.29, 0.717) is 11.5 Å². The monoisotopic (exact) mass is 194 g/mol. The third-order valence-corrected chi connectivity index (χ3v) is 4.21. The van der Waals surface area contributed by atoms with Crippen molar-refractivity contribution >= 4 is 7.60 Å². The van der Waals surface area contributed by atoms with Crippen LogP contribution in [0.5, 0.6) is 0 Å². The van der Waals surface area contributed by atoms with Crippen LogP contribution in [0.1, 0.15) is 26.7 Å². The number of hydrogen-bond donors (Lipinski definition) is 2. The molecular formula is C6H13NO4P. The first-order chi connectivity index (χ1) is 5.29. The third-order valence-electron chi connectivity index (χ3n) is 2.54. The molecule has 1 rings (SSSR count). The molecule has 0 aromatic rings. The van der Waals surface area contributed by atoms with Crippen LogP contribution in [0.2, 0.25) is 0 Å². The summed E-state index contributed by atoms with van der Waals surface area (Å²) in [6.07, 6.45) is 0.813. The quantitative estimate of drug-likeness (QED) is 0.602. The van der Waals surface area contributed by atoms with Crippen LogP contribution in [-0.2, 0) is 9.77 Å². The molecule has 0 unspecified atom stereocenters. The van der Waals surface area contributed by atoms with E-state index < -0.39 is 12.9 Å². The second-order valence-electron chi connectivity index (χ2n) is 3.47. The Morgan fingerprint density at radius 2 is 2.08 bits per heavy atom. The molecule has 0 aromatic carbocycles. The molecule has 1 heterocycles. The summed E-state index contributed by atoms with van der Waals surface area (Å²) < 4.78 is 11.0. The maximum atomic E-state index is 11.3. The van der Waals surface area contributed by atoms with Crippen LogP contribution in [0.15, 0.2) is 0 Å². The number of hydroxylamine groups is 2. The Kier molecular flexibility index (Phi) is 2.36. The summed E-state index contributed by atoms with van der Waals surface area (Å²) in [6, 6.07) is -0.289. The lowest BCUT2D eigenvalue weighted by molar-refractivity contribution is -0.202. The van der Waals surface area contributed by atoms with Crippen LogP contribution in [0, 0.1) is 0 Å². The lowest BCUT2D eigenvalue weighted by Gasteiger charge is -2.30. The van der Waals surface area contributed by atoms with E-state index in [4.69, 9.17) is 9.79 Å². The maximum Gasteiger partial charge on any atom is 0.347 e. The number of hydrogen-bond acceptors (Lipinski definition) is 2. The highest BCUT2D eigenvalue weighted by atomic mass is 31.2. The molecule has 0 saturated carbocycles. The molecule has 12 heavy (non-hydrogen) atoms. The average Bonchev–Trinajstić information content (AvgIpc) is 2.16. The Hall–Kier alpha value is 0.0700. The lowest BCUT2D eigenvalue weighted by Crippen LogP contribution is -2.40. The molecule has 0 amide bonds. The smallest absolute Gasteiger partial charge is 0.323 e. The predicted molar refractivity (Wildman–Crippen MR) is 41.7 cm³/mol. The van der Waals surface area contributed by atoms with Crippen molar-refractivity contribution in [2.45, 2.75) is 38.0 Å². The molecule has 1 aliphatic rings. The zero-order chi connectivity index (χ0) is 9.57. The fourth-order valence-corrected chi connectivity index (χ4v) is 2.33. The van der Waals surface area contributed by atoms with Crippen LogP contribution in [0.3, 0.4) is 0 Å². The van der Waals surface area contributed by atoms with E-state index in [1.54, 1.807) is 6.92 Å². The van der Waals surface area contributed by atoms with Gasteiger partial charge in [0.25, 0.3) is 0 Å². The van der Waals surface area contributed by atoms with E-state index in [2.05, 4.69) is 0 Å². The molecular weight excluding hydrogens is 181 g/mol. The number of nitrogens with zero attached hydrogens (tertiary/aromatic N) is 1. The topological polar surface area (TPSA) is 80.7 Å². The first kappa shape index (κ1) is 10.2. The highest BCUT2D eigenvalue weighted by Crippen LogP contribution is 2.57. The summed E-state index contributed by atoms with van der Waals surface area (Å²) in [7, 11) is -4.31. The third kappa shape index (κ3) is 1.32. The van der Waals surface area contributed by atoms with Crippen molar-refractivity contribution in [3.05, 3.63) is 0 Å². The minimum Gasteiger partial charge on any atom is -0.323 e. The van der Waals surface area contributed by atoms with Crippen LogP contribution < -0.4 is 0 Å². The van der Waals surface area contributed by atoms with E-state index in [-0.39, 0.29) is 12.5 Å². The minimum absolute atomic E-state index is 0.266. The Morgan fingerprint density at radius 3 is 2.25 bits per heavy atom. The average molecular weight is 194 g/mol. The first-order valence-electron chi connectivity index (χ1n) is 3.81. The van der Waals surface area contributed by atoms with Gasteiger partial charge in [-0.15, -0.1) is 10.3 Å². The Balaban J connectivity index is 2.94. The van der Waals surface area contributed by atoms with Gasteiger partial charge in [0.1, 0.15) is 5.28 Å². The molecule has 0 aliphatic carbocycles. The van der Waals surface area contributed by atoms with Crippen molar-refractivity contribution in [1.82, 2.24) is 5.06 Å². The molecule has 1 saturated heterocycles. The van der Waals surface area contributed by atoms with Crippen molar-refractivity contribution in [3.63, 3.8) is 0 Å². The number of rotatable bonds is 1. The van der Waals surface area contributed by atoms with Gasteiger partial charge in [0.15, 0.2) is 0 Å². The second-order valence-corrected chi connectivity index (χ2v) is 5.53. The van der Waals surface area contributed by atoms with Crippen LogP contribution in [0.25, 0.3) is 0 Å². The van der Waals surface area contributed by atoms with Crippen LogP contribution in [-0.4, -0.2) is 26.2 Å². The van der Waals surface area contributed by atoms with Gasteiger partial charge in [0.2, 0.25) is 0 Å². The van der Waals surface area contributed by atoms with E-state index >= 15 is 0 Å². The van der Waals surface area contributed by atoms with Gasteiger partial charge in [-0.1, -0.05) is 0 Å². The Bertz CT molecular complexity index is 228. The van der Waals surface area contributed by atoms with E-state index in [1.165, 1.54) is 6.92 Å². The SMILES string of the molecule is C[C@H]1CC[C@](C)(P(=O)(O)O)N1[O]. The maximum absolute atomic E-state index is 11.3. The van der Waals surface area contributed by atoms with Gasteiger partial charge in [0, 0.05) is 6.04 Å².